The maximum Gasteiger partial charge on any atom is 0.245 e. The SMILES string of the molecule is CC(C1CC1)N(Cc1ccccc1)C(=O)C1(N)CCOC1. The minimum absolute atomic E-state index is 0.0447. The molecule has 2 fully saturated rings. The third-order valence-corrected chi connectivity index (χ3v) is 4.73. The van der Waals surface area contributed by atoms with Crippen LogP contribution in [0.5, 0.6) is 0 Å². The molecular weight excluding hydrogens is 264 g/mol. The first-order valence-electron chi connectivity index (χ1n) is 7.82. The normalized spacial score (nSPS) is 26.6. The zero-order valence-electron chi connectivity index (χ0n) is 12.6. The molecule has 0 radical (unpaired) electrons. The lowest BCUT2D eigenvalue weighted by atomic mass is 9.96. The number of carbonyl (C=O) groups is 1. The lowest BCUT2D eigenvalue weighted by Gasteiger charge is -2.35. The van der Waals surface area contributed by atoms with Crippen LogP contribution in [0.3, 0.4) is 0 Å². The quantitative estimate of drug-likeness (QED) is 0.900. The summed E-state index contributed by atoms with van der Waals surface area (Å²) in [4.78, 5) is 14.9. The van der Waals surface area contributed by atoms with E-state index in [9.17, 15) is 4.79 Å². The number of nitrogens with zero attached hydrogens (tertiary/aromatic N) is 1. The van der Waals surface area contributed by atoms with Gasteiger partial charge in [-0.15, -0.1) is 0 Å². The molecule has 1 amide bonds. The second-order valence-electron chi connectivity index (χ2n) is 6.46. The topological polar surface area (TPSA) is 55.6 Å². The highest BCUT2D eigenvalue weighted by Crippen LogP contribution is 2.36. The van der Waals surface area contributed by atoms with Gasteiger partial charge in [0.25, 0.3) is 0 Å². The van der Waals surface area contributed by atoms with Gasteiger partial charge in [0.1, 0.15) is 5.54 Å². The zero-order chi connectivity index (χ0) is 14.9. The van der Waals surface area contributed by atoms with Crippen LogP contribution in [-0.4, -0.2) is 35.6 Å². The van der Waals surface area contributed by atoms with Crippen molar-refractivity contribution >= 4 is 5.91 Å². The monoisotopic (exact) mass is 288 g/mol. The molecule has 2 unspecified atom stereocenters. The molecule has 0 spiro atoms. The van der Waals surface area contributed by atoms with E-state index in [1.165, 1.54) is 12.8 Å². The van der Waals surface area contributed by atoms with Crippen LogP contribution in [-0.2, 0) is 16.1 Å². The molecule has 1 aliphatic carbocycles. The molecule has 114 valence electrons. The van der Waals surface area contributed by atoms with Crippen molar-refractivity contribution in [3.8, 4) is 0 Å². The van der Waals surface area contributed by atoms with Gasteiger partial charge in [-0.2, -0.15) is 0 Å². The van der Waals surface area contributed by atoms with Gasteiger partial charge in [-0.1, -0.05) is 30.3 Å². The van der Waals surface area contributed by atoms with E-state index in [0.717, 1.165) is 5.56 Å². The highest BCUT2D eigenvalue weighted by atomic mass is 16.5. The van der Waals surface area contributed by atoms with Gasteiger partial charge < -0.3 is 15.4 Å². The maximum atomic E-state index is 13.0. The second-order valence-corrected chi connectivity index (χ2v) is 6.46. The largest absolute Gasteiger partial charge is 0.379 e. The minimum Gasteiger partial charge on any atom is -0.379 e. The summed E-state index contributed by atoms with van der Waals surface area (Å²) in [5.41, 5.74) is 6.62. The van der Waals surface area contributed by atoms with E-state index in [0.29, 0.717) is 32.1 Å². The Labute approximate surface area is 126 Å². The molecule has 0 bridgehead atoms. The molecular formula is C17H24N2O2. The van der Waals surface area contributed by atoms with E-state index < -0.39 is 5.54 Å². The number of hydrogen-bond donors (Lipinski definition) is 1. The summed E-state index contributed by atoms with van der Waals surface area (Å²) in [5.74, 6) is 0.673. The molecule has 2 N–H and O–H groups in total. The standard InChI is InChI=1S/C17H24N2O2/c1-13(15-7-8-15)19(11-14-5-3-2-4-6-14)16(20)17(18)9-10-21-12-17/h2-6,13,15H,7-12,18H2,1H3. The van der Waals surface area contributed by atoms with Crippen LogP contribution >= 0.6 is 0 Å². The number of amides is 1. The fourth-order valence-corrected chi connectivity index (χ4v) is 3.05. The second kappa shape index (κ2) is 5.78. The minimum atomic E-state index is -0.835. The third kappa shape index (κ3) is 3.11. The summed E-state index contributed by atoms with van der Waals surface area (Å²) in [5, 5.41) is 0. The number of carbonyl (C=O) groups excluding carboxylic acids is 1. The first-order valence-corrected chi connectivity index (χ1v) is 7.82. The van der Waals surface area contributed by atoms with Crippen molar-refractivity contribution in [3.63, 3.8) is 0 Å². The lowest BCUT2D eigenvalue weighted by molar-refractivity contribution is -0.140. The van der Waals surface area contributed by atoms with Crippen molar-refractivity contribution in [3.05, 3.63) is 35.9 Å². The van der Waals surface area contributed by atoms with E-state index in [4.69, 9.17) is 10.5 Å². The highest BCUT2D eigenvalue weighted by Gasteiger charge is 2.44. The van der Waals surface area contributed by atoms with Crippen LogP contribution < -0.4 is 5.73 Å². The molecule has 1 saturated heterocycles. The summed E-state index contributed by atoms with van der Waals surface area (Å²) in [6, 6.07) is 10.4. The Kier molecular flexibility index (Phi) is 4.00. The Bertz CT molecular complexity index is 493. The molecule has 1 aliphatic heterocycles. The fourth-order valence-electron chi connectivity index (χ4n) is 3.05. The van der Waals surface area contributed by atoms with E-state index in [2.05, 4.69) is 19.1 Å². The molecule has 2 atom stereocenters. The Morgan fingerprint density at radius 3 is 2.71 bits per heavy atom. The Hall–Kier alpha value is -1.39. The predicted octanol–water partition coefficient (Wildman–Crippen LogP) is 1.93. The molecule has 0 aromatic heterocycles. The Balaban J connectivity index is 1.80. The molecule has 4 heteroatoms. The van der Waals surface area contributed by atoms with Gasteiger partial charge >= 0.3 is 0 Å². The maximum absolute atomic E-state index is 13.0. The number of nitrogens with two attached hydrogens (primary N) is 1. The van der Waals surface area contributed by atoms with Gasteiger partial charge in [-0.25, -0.2) is 0 Å². The average molecular weight is 288 g/mol. The third-order valence-electron chi connectivity index (χ3n) is 4.73. The number of benzene rings is 1. The zero-order valence-corrected chi connectivity index (χ0v) is 12.6. The summed E-state index contributed by atoms with van der Waals surface area (Å²) in [6.45, 7) is 3.71. The Morgan fingerprint density at radius 1 is 1.43 bits per heavy atom. The fraction of sp³-hybridized carbons (Fsp3) is 0.588. The molecule has 1 saturated carbocycles. The predicted molar refractivity (Wildman–Crippen MR) is 81.5 cm³/mol. The molecule has 1 aromatic rings. The van der Waals surface area contributed by atoms with Crippen LogP contribution in [0.1, 0.15) is 31.7 Å². The number of ether oxygens (including phenoxy) is 1. The van der Waals surface area contributed by atoms with Crippen LogP contribution in [0, 0.1) is 5.92 Å². The smallest absolute Gasteiger partial charge is 0.245 e. The average Bonchev–Trinajstić information content (AvgIpc) is 3.26. The van der Waals surface area contributed by atoms with E-state index in [-0.39, 0.29) is 11.9 Å². The summed E-state index contributed by atoms with van der Waals surface area (Å²) in [7, 11) is 0. The first-order chi connectivity index (χ1) is 10.1. The highest BCUT2D eigenvalue weighted by molar-refractivity contribution is 5.87. The molecule has 2 aliphatic rings. The molecule has 1 heterocycles. The van der Waals surface area contributed by atoms with Crippen molar-refractivity contribution < 1.29 is 9.53 Å². The van der Waals surface area contributed by atoms with Crippen molar-refractivity contribution in [1.29, 1.82) is 0 Å². The molecule has 1 aromatic carbocycles. The van der Waals surface area contributed by atoms with Gasteiger partial charge in [0.05, 0.1) is 6.61 Å². The van der Waals surface area contributed by atoms with E-state index in [1.54, 1.807) is 0 Å². The molecule has 4 nitrogen and oxygen atoms in total. The van der Waals surface area contributed by atoms with Crippen molar-refractivity contribution in [2.45, 2.75) is 44.3 Å². The Morgan fingerprint density at radius 2 is 2.14 bits per heavy atom. The first kappa shape index (κ1) is 14.5. The van der Waals surface area contributed by atoms with Crippen molar-refractivity contribution in [2.24, 2.45) is 11.7 Å². The van der Waals surface area contributed by atoms with E-state index in [1.807, 2.05) is 23.1 Å². The van der Waals surface area contributed by atoms with Crippen LogP contribution in [0.2, 0.25) is 0 Å². The van der Waals surface area contributed by atoms with Gasteiger partial charge in [-0.05, 0) is 37.7 Å². The molecule has 3 rings (SSSR count). The van der Waals surface area contributed by atoms with Gasteiger partial charge in [0.15, 0.2) is 0 Å². The lowest BCUT2D eigenvalue weighted by Crippen LogP contribution is -2.58. The van der Waals surface area contributed by atoms with Gasteiger partial charge in [0, 0.05) is 19.2 Å². The number of hydrogen-bond acceptors (Lipinski definition) is 3. The van der Waals surface area contributed by atoms with Crippen LogP contribution in [0.15, 0.2) is 30.3 Å². The van der Waals surface area contributed by atoms with Gasteiger partial charge in [0.2, 0.25) is 5.91 Å². The van der Waals surface area contributed by atoms with E-state index >= 15 is 0 Å². The summed E-state index contributed by atoms with van der Waals surface area (Å²) >= 11 is 0. The molecule has 21 heavy (non-hydrogen) atoms. The van der Waals surface area contributed by atoms with Crippen molar-refractivity contribution in [2.75, 3.05) is 13.2 Å². The number of rotatable bonds is 5. The summed E-state index contributed by atoms with van der Waals surface area (Å²) < 4.78 is 5.36. The van der Waals surface area contributed by atoms with Crippen molar-refractivity contribution in [1.82, 2.24) is 4.90 Å². The van der Waals surface area contributed by atoms with Crippen LogP contribution in [0.4, 0.5) is 0 Å². The van der Waals surface area contributed by atoms with Crippen LogP contribution in [0.25, 0.3) is 0 Å². The van der Waals surface area contributed by atoms with Gasteiger partial charge in [-0.3, -0.25) is 4.79 Å². The summed E-state index contributed by atoms with van der Waals surface area (Å²) in [6.07, 6.45) is 3.05.